The van der Waals surface area contributed by atoms with Crippen LogP contribution in [0.25, 0.3) is 0 Å². The van der Waals surface area contributed by atoms with E-state index >= 15 is 0 Å². The van der Waals surface area contributed by atoms with Gasteiger partial charge in [0.2, 0.25) is 0 Å². The number of aromatic nitrogens is 1. The third-order valence-corrected chi connectivity index (χ3v) is 3.47. The van der Waals surface area contributed by atoms with E-state index in [1.54, 1.807) is 17.0 Å². The molecule has 2 heterocycles. The van der Waals surface area contributed by atoms with Crippen LogP contribution in [0.4, 0.5) is 14.6 Å². The van der Waals surface area contributed by atoms with E-state index in [0.29, 0.717) is 5.82 Å². The molecule has 1 aromatic heterocycles. The van der Waals surface area contributed by atoms with Gasteiger partial charge in [-0.3, -0.25) is 0 Å². The third-order valence-electron chi connectivity index (χ3n) is 3.18. The molecule has 1 aromatic rings. The van der Waals surface area contributed by atoms with Crippen LogP contribution < -0.4 is 4.90 Å². The Hall–Kier alpha value is -1.43. The van der Waals surface area contributed by atoms with Crippen molar-refractivity contribution in [3.05, 3.63) is 23.9 Å². The number of rotatable bonds is 2. The largest absolute Gasteiger partial charge is 0.465 e. The van der Waals surface area contributed by atoms with Crippen LogP contribution in [0.1, 0.15) is 23.2 Å². The number of nitrogens with zero attached hydrogens (tertiary/aromatic N) is 2. The molecule has 0 spiro atoms. The topological polar surface area (TPSA) is 42.4 Å². The Morgan fingerprint density at radius 1 is 1.60 bits per heavy atom. The molecule has 20 heavy (non-hydrogen) atoms. The van der Waals surface area contributed by atoms with Gasteiger partial charge in [0.15, 0.2) is 0 Å². The molecule has 2 rings (SSSR count). The summed E-state index contributed by atoms with van der Waals surface area (Å²) in [7, 11) is 1.26. The standard InChI is InChI=1S/C13H15ClF2N2O2/c1-20-12(19)10-3-2-5-17-11(10)18-6-4-13(15,16)7-9(14)8-18/h2-3,5,9H,4,6-8H2,1H3. The van der Waals surface area contributed by atoms with Gasteiger partial charge in [-0.2, -0.15) is 0 Å². The van der Waals surface area contributed by atoms with E-state index in [4.69, 9.17) is 11.6 Å². The van der Waals surface area contributed by atoms with Crippen molar-refractivity contribution in [2.45, 2.75) is 24.1 Å². The number of carbonyl (C=O) groups excluding carboxylic acids is 1. The average Bonchev–Trinajstić information content (AvgIpc) is 2.55. The Morgan fingerprint density at radius 3 is 3.05 bits per heavy atom. The number of hydrogen-bond donors (Lipinski definition) is 0. The number of carbonyl (C=O) groups is 1. The number of anilines is 1. The second-order valence-electron chi connectivity index (χ2n) is 4.72. The fourth-order valence-electron chi connectivity index (χ4n) is 2.23. The summed E-state index contributed by atoms with van der Waals surface area (Å²) in [6.07, 6.45) is 0.826. The van der Waals surface area contributed by atoms with E-state index < -0.39 is 17.3 Å². The molecule has 0 aliphatic carbocycles. The zero-order valence-corrected chi connectivity index (χ0v) is 11.7. The fourth-order valence-corrected chi connectivity index (χ4v) is 2.62. The summed E-state index contributed by atoms with van der Waals surface area (Å²) in [6, 6.07) is 3.15. The molecule has 0 saturated carbocycles. The zero-order valence-electron chi connectivity index (χ0n) is 11.0. The lowest BCUT2D eigenvalue weighted by atomic mass is 10.1. The first-order valence-corrected chi connectivity index (χ1v) is 6.67. The van der Waals surface area contributed by atoms with Gasteiger partial charge in [0.1, 0.15) is 11.4 Å². The number of methoxy groups -OCH3 is 1. The normalized spacial score (nSPS) is 22.2. The lowest BCUT2D eigenvalue weighted by molar-refractivity contribution is -0.00933. The first-order chi connectivity index (χ1) is 9.43. The summed E-state index contributed by atoms with van der Waals surface area (Å²) >= 11 is 5.95. The molecule has 0 radical (unpaired) electrons. The highest BCUT2D eigenvalue weighted by molar-refractivity contribution is 6.21. The molecule has 4 nitrogen and oxygen atoms in total. The monoisotopic (exact) mass is 304 g/mol. The second kappa shape index (κ2) is 5.91. The van der Waals surface area contributed by atoms with Crippen LogP contribution >= 0.6 is 11.6 Å². The molecule has 0 amide bonds. The molecule has 1 aliphatic heterocycles. The fraction of sp³-hybridized carbons (Fsp3) is 0.538. The van der Waals surface area contributed by atoms with Crippen molar-refractivity contribution in [2.75, 3.05) is 25.1 Å². The van der Waals surface area contributed by atoms with Crippen molar-refractivity contribution in [3.8, 4) is 0 Å². The van der Waals surface area contributed by atoms with Gasteiger partial charge in [0, 0.05) is 32.1 Å². The molecular weight excluding hydrogens is 290 g/mol. The molecule has 1 saturated heterocycles. The van der Waals surface area contributed by atoms with Crippen LogP contribution in [0.5, 0.6) is 0 Å². The zero-order chi connectivity index (χ0) is 14.8. The second-order valence-corrected chi connectivity index (χ2v) is 5.34. The predicted molar refractivity (Wildman–Crippen MR) is 71.6 cm³/mol. The number of esters is 1. The van der Waals surface area contributed by atoms with Crippen LogP contribution in [-0.2, 0) is 4.74 Å². The van der Waals surface area contributed by atoms with E-state index in [0.717, 1.165) is 0 Å². The minimum atomic E-state index is -2.79. The van der Waals surface area contributed by atoms with Gasteiger partial charge < -0.3 is 9.64 Å². The maximum atomic E-state index is 13.5. The van der Waals surface area contributed by atoms with Crippen molar-refractivity contribution in [1.29, 1.82) is 0 Å². The number of hydrogen-bond acceptors (Lipinski definition) is 4. The lowest BCUT2D eigenvalue weighted by Gasteiger charge is -2.24. The molecule has 1 aliphatic rings. The van der Waals surface area contributed by atoms with E-state index in [-0.39, 0.29) is 31.5 Å². The van der Waals surface area contributed by atoms with Crippen molar-refractivity contribution in [2.24, 2.45) is 0 Å². The third kappa shape index (κ3) is 3.36. The van der Waals surface area contributed by atoms with Crippen LogP contribution in [0.2, 0.25) is 0 Å². The highest BCUT2D eigenvalue weighted by Crippen LogP contribution is 2.32. The molecule has 7 heteroatoms. The molecule has 1 atom stereocenters. The Labute approximate surface area is 120 Å². The maximum Gasteiger partial charge on any atom is 0.341 e. The number of alkyl halides is 3. The molecule has 110 valence electrons. The van der Waals surface area contributed by atoms with Gasteiger partial charge in [0.25, 0.3) is 5.92 Å². The number of halogens is 3. The van der Waals surface area contributed by atoms with Gasteiger partial charge in [-0.25, -0.2) is 18.6 Å². The van der Waals surface area contributed by atoms with Crippen molar-refractivity contribution >= 4 is 23.4 Å². The summed E-state index contributed by atoms with van der Waals surface area (Å²) in [4.78, 5) is 17.4. The Bertz CT molecular complexity index is 499. The summed E-state index contributed by atoms with van der Waals surface area (Å²) < 4.78 is 31.7. The molecule has 1 fully saturated rings. The van der Waals surface area contributed by atoms with Crippen molar-refractivity contribution in [1.82, 2.24) is 4.98 Å². The Morgan fingerprint density at radius 2 is 2.35 bits per heavy atom. The molecule has 0 N–H and O–H groups in total. The van der Waals surface area contributed by atoms with Crippen molar-refractivity contribution < 1.29 is 18.3 Å². The van der Waals surface area contributed by atoms with Gasteiger partial charge >= 0.3 is 5.97 Å². The summed E-state index contributed by atoms with van der Waals surface area (Å²) in [5.74, 6) is -3.00. The lowest BCUT2D eigenvalue weighted by Crippen LogP contribution is -2.31. The molecule has 0 aromatic carbocycles. The van der Waals surface area contributed by atoms with E-state index in [1.165, 1.54) is 13.3 Å². The molecule has 1 unspecified atom stereocenters. The Kier molecular flexibility index (Phi) is 4.42. The quantitative estimate of drug-likeness (QED) is 0.622. The van der Waals surface area contributed by atoms with E-state index in [1.807, 2.05) is 0 Å². The minimum absolute atomic E-state index is 0.0945. The summed E-state index contributed by atoms with van der Waals surface area (Å²) in [6.45, 7) is 0.315. The summed E-state index contributed by atoms with van der Waals surface area (Å²) in [5.41, 5.74) is 0.254. The number of ether oxygens (including phenoxy) is 1. The van der Waals surface area contributed by atoms with Gasteiger partial charge in [-0.1, -0.05) is 0 Å². The van der Waals surface area contributed by atoms with E-state index in [2.05, 4.69) is 9.72 Å². The molecular formula is C13H15ClF2N2O2. The highest BCUT2D eigenvalue weighted by atomic mass is 35.5. The minimum Gasteiger partial charge on any atom is -0.465 e. The van der Waals surface area contributed by atoms with Gasteiger partial charge in [0.05, 0.1) is 12.5 Å². The SMILES string of the molecule is COC(=O)c1cccnc1N1CCC(F)(F)CC(Cl)C1. The Balaban J connectivity index is 2.29. The predicted octanol–water partition coefficient (Wildman–Crippen LogP) is 2.71. The summed E-state index contributed by atoms with van der Waals surface area (Å²) in [5, 5.41) is -0.694. The van der Waals surface area contributed by atoms with Crippen LogP contribution in [-0.4, -0.2) is 42.5 Å². The van der Waals surface area contributed by atoms with Gasteiger partial charge in [-0.15, -0.1) is 11.6 Å². The van der Waals surface area contributed by atoms with Crippen LogP contribution in [0, 0.1) is 0 Å². The number of pyridine rings is 1. The van der Waals surface area contributed by atoms with Crippen LogP contribution in [0.15, 0.2) is 18.3 Å². The maximum absolute atomic E-state index is 13.5. The van der Waals surface area contributed by atoms with E-state index in [9.17, 15) is 13.6 Å². The van der Waals surface area contributed by atoms with Crippen LogP contribution in [0.3, 0.4) is 0 Å². The van der Waals surface area contributed by atoms with Gasteiger partial charge in [-0.05, 0) is 12.1 Å². The molecule has 0 bridgehead atoms. The first kappa shape index (κ1) is 15.0. The van der Waals surface area contributed by atoms with Crippen molar-refractivity contribution in [3.63, 3.8) is 0 Å². The highest BCUT2D eigenvalue weighted by Gasteiger charge is 2.37. The smallest absolute Gasteiger partial charge is 0.341 e. The first-order valence-electron chi connectivity index (χ1n) is 6.23. The average molecular weight is 305 g/mol.